The summed E-state index contributed by atoms with van der Waals surface area (Å²) in [5, 5.41) is 3.67. The van der Waals surface area contributed by atoms with Crippen LogP contribution in [-0.2, 0) is 0 Å². The molecule has 0 aliphatic rings. The Kier molecular flexibility index (Phi) is 11.5. The molecule has 0 unspecified atom stereocenters. The molecule has 32 heavy (non-hydrogen) atoms. The number of benzene rings is 1. The second-order valence-electron chi connectivity index (χ2n) is 6.57. The molecule has 0 bridgehead atoms. The molecule has 1 aromatic heterocycles. The number of H-pyrrole nitrogens is 1. The summed E-state index contributed by atoms with van der Waals surface area (Å²) in [7, 11) is 0. The van der Waals surface area contributed by atoms with Gasteiger partial charge in [-0.25, -0.2) is 4.39 Å². The summed E-state index contributed by atoms with van der Waals surface area (Å²) in [6, 6.07) is 5.18. The highest BCUT2D eigenvalue weighted by atomic mass is 35.5. The number of aromatic amines is 1. The molecular formula is C23H30ClFN4O2S. The topological polar surface area (TPSA) is 92.5 Å². The molecule has 0 amide bonds. The van der Waals surface area contributed by atoms with Gasteiger partial charge in [-0.05, 0) is 69.1 Å². The molecule has 0 spiro atoms. The number of nitrogens with one attached hydrogen (secondary N) is 2. The lowest BCUT2D eigenvalue weighted by molar-refractivity contribution is 0.419. The fraction of sp³-hybridized carbons (Fsp3) is 0.304. The van der Waals surface area contributed by atoms with E-state index >= 15 is 0 Å². The van der Waals surface area contributed by atoms with Gasteiger partial charge in [-0.3, -0.25) is 14.2 Å². The molecule has 1 heterocycles. The minimum atomic E-state index is -0.633. The average Bonchev–Trinajstić information content (AvgIpc) is 3.11. The van der Waals surface area contributed by atoms with Crippen LogP contribution in [0, 0.1) is 6.92 Å². The lowest BCUT2D eigenvalue weighted by Crippen LogP contribution is -2.23. The first-order valence-electron chi connectivity index (χ1n) is 10.2. The Balaban J connectivity index is 0.00000249. The van der Waals surface area contributed by atoms with Crippen LogP contribution in [0.5, 0.6) is 5.75 Å². The van der Waals surface area contributed by atoms with Crippen molar-refractivity contribution in [3.8, 4) is 5.75 Å². The molecule has 4 N–H and O–H groups in total. The van der Waals surface area contributed by atoms with Gasteiger partial charge < -0.3 is 15.8 Å². The molecule has 174 valence electrons. The third-order valence-electron chi connectivity index (χ3n) is 3.66. The number of hydrogen-bond donors (Lipinski definition) is 3. The van der Waals surface area contributed by atoms with Crippen molar-refractivity contribution < 1.29 is 9.13 Å². The van der Waals surface area contributed by atoms with E-state index in [0.29, 0.717) is 15.8 Å². The summed E-state index contributed by atoms with van der Waals surface area (Å²) in [5.74, 6) is -0.172. The molecular weight excluding hydrogens is 451 g/mol. The Morgan fingerprint density at radius 1 is 1.34 bits per heavy atom. The molecule has 6 nitrogen and oxygen atoms in total. The molecule has 0 atom stereocenters. The maximum atomic E-state index is 14.7. The summed E-state index contributed by atoms with van der Waals surface area (Å²) in [6.07, 6.45) is 5.68. The van der Waals surface area contributed by atoms with Crippen molar-refractivity contribution in [3.63, 3.8) is 0 Å². The van der Waals surface area contributed by atoms with Crippen LogP contribution < -0.4 is 21.3 Å². The Bertz CT molecular complexity index is 1070. The SMILES string of the molecule is CC.C\C=C/C(Oc1cc(C)ccc1Cl)=C(F)\C=C\Nc1s[nH]c(=O)c1C(N)=NC(C)C. The third-order valence-corrected chi connectivity index (χ3v) is 4.78. The third kappa shape index (κ3) is 8.01. The second-order valence-corrected chi connectivity index (χ2v) is 7.79. The zero-order valence-corrected chi connectivity index (χ0v) is 20.7. The number of amidine groups is 1. The van der Waals surface area contributed by atoms with Gasteiger partial charge in [0.25, 0.3) is 5.56 Å². The van der Waals surface area contributed by atoms with Gasteiger partial charge in [0, 0.05) is 12.2 Å². The first-order valence-corrected chi connectivity index (χ1v) is 11.4. The lowest BCUT2D eigenvalue weighted by atomic mass is 10.2. The minimum Gasteiger partial charge on any atom is -0.453 e. The van der Waals surface area contributed by atoms with Crippen LogP contribution in [-0.4, -0.2) is 16.3 Å². The first kappa shape index (κ1) is 27.2. The maximum Gasteiger partial charge on any atom is 0.271 e. The Morgan fingerprint density at radius 2 is 2.03 bits per heavy atom. The van der Waals surface area contributed by atoms with Crippen molar-refractivity contribution in [1.29, 1.82) is 0 Å². The summed E-state index contributed by atoms with van der Waals surface area (Å²) in [6.45, 7) is 11.3. The predicted molar refractivity (Wildman–Crippen MR) is 135 cm³/mol. The van der Waals surface area contributed by atoms with E-state index < -0.39 is 5.83 Å². The normalized spacial score (nSPS) is 12.7. The standard InChI is InChI=1S/C21H24ClFN4O2S.C2H6/c1-5-6-16(29-17-11-13(4)7-8-14(17)22)15(23)9-10-25-21-18(20(28)27-30-21)19(24)26-12(2)3;1-2/h5-12,25H,1-4H3,(H2,24,26)(H,27,28);1-2H3/b6-5-,10-9+,16-15-;. The summed E-state index contributed by atoms with van der Waals surface area (Å²) >= 11 is 7.18. The fourth-order valence-electron chi connectivity index (χ4n) is 2.37. The van der Waals surface area contributed by atoms with Gasteiger partial charge in [0.2, 0.25) is 0 Å². The van der Waals surface area contributed by atoms with Crippen LogP contribution in [0.25, 0.3) is 0 Å². The molecule has 0 aliphatic heterocycles. The number of halogens is 2. The number of anilines is 1. The van der Waals surface area contributed by atoms with E-state index in [-0.39, 0.29) is 28.8 Å². The predicted octanol–water partition coefficient (Wildman–Crippen LogP) is 6.30. The lowest BCUT2D eigenvalue weighted by Gasteiger charge is -2.09. The Morgan fingerprint density at radius 3 is 2.66 bits per heavy atom. The molecule has 9 heteroatoms. The highest BCUT2D eigenvalue weighted by Gasteiger charge is 2.14. The molecule has 0 fully saturated rings. The van der Waals surface area contributed by atoms with Crippen LogP contribution in [0.1, 0.15) is 45.7 Å². The maximum absolute atomic E-state index is 14.7. The number of aromatic nitrogens is 1. The summed E-state index contributed by atoms with van der Waals surface area (Å²) in [5.41, 5.74) is 6.72. The number of allylic oxidation sites excluding steroid dienone is 4. The summed E-state index contributed by atoms with van der Waals surface area (Å²) in [4.78, 5) is 16.2. The number of ether oxygens (including phenoxy) is 1. The van der Waals surface area contributed by atoms with Gasteiger partial charge in [-0.2, -0.15) is 0 Å². The van der Waals surface area contributed by atoms with Crippen LogP contribution in [0.2, 0.25) is 5.02 Å². The van der Waals surface area contributed by atoms with E-state index in [1.54, 1.807) is 25.1 Å². The highest BCUT2D eigenvalue weighted by molar-refractivity contribution is 7.10. The molecule has 0 saturated heterocycles. The molecule has 0 saturated carbocycles. The molecule has 0 radical (unpaired) electrons. The van der Waals surface area contributed by atoms with E-state index in [4.69, 9.17) is 22.1 Å². The van der Waals surface area contributed by atoms with Crippen LogP contribution in [0.3, 0.4) is 0 Å². The summed E-state index contributed by atoms with van der Waals surface area (Å²) < 4.78 is 23.0. The van der Waals surface area contributed by atoms with Gasteiger partial charge in [0.1, 0.15) is 22.1 Å². The zero-order chi connectivity index (χ0) is 24.3. The number of rotatable bonds is 8. The Hall–Kier alpha value is -2.84. The van der Waals surface area contributed by atoms with E-state index in [1.165, 1.54) is 18.4 Å². The zero-order valence-electron chi connectivity index (χ0n) is 19.1. The van der Waals surface area contributed by atoms with Gasteiger partial charge in [-0.15, -0.1) is 0 Å². The van der Waals surface area contributed by atoms with Crippen molar-refractivity contribution in [1.82, 2.24) is 4.37 Å². The van der Waals surface area contributed by atoms with Crippen LogP contribution >= 0.6 is 23.1 Å². The highest BCUT2D eigenvalue weighted by Crippen LogP contribution is 2.28. The Labute approximate surface area is 197 Å². The number of aryl methyl sites for hydroxylation is 1. The van der Waals surface area contributed by atoms with E-state index in [0.717, 1.165) is 17.1 Å². The molecule has 1 aromatic carbocycles. The first-order chi connectivity index (χ1) is 15.2. The van der Waals surface area contributed by atoms with Crippen LogP contribution in [0.15, 0.2) is 64.0 Å². The average molecular weight is 481 g/mol. The van der Waals surface area contributed by atoms with E-state index in [9.17, 15) is 9.18 Å². The fourth-order valence-corrected chi connectivity index (χ4v) is 3.25. The number of nitrogens with two attached hydrogens (primary N) is 1. The van der Waals surface area contributed by atoms with E-state index in [1.807, 2.05) is 40.7 Å². The van der Waals surface area contributed by atoms with Crippen molar-refractivity contribution in [2.45, 2.75) is 47.6 Å². The number of aliphatic imine (C=N–C) groups is 1. The largest absolute Gasteiger partial charge is 0.453 e. The van der Waals surface area contributed by atoms with Gasteiger partial charge in [-0.1, -0.05) is 37.6 Å². The number of nitrogens with zero attached hydrogens (tertiary/aromatic N) is 1. The van der Waals surface area contributed by atoms with Crippen molar-refractivity contribution in [2.24, 2.45) is 10.7 Å². The second kappa shape index (κ2) is 13.5. The molecule has 2 rings (SSSR count). The minimum absolute atomic E-state index is 0.00795. The van der Waals surface area contributed by atoms with Crippen molar-refractivity contribution >= 4 is 34.0 Å². The van der Waals surface area contributed by atoms with Crippen molar-refractivity contribution in [3.05, 3.63) is 80.7 Å². The molecule has 0 aliphatic carbocycles. The van der Waals surface area contributed by atoms with E-state index in [2.05, 4.69) is 14.7 Å². The van der Waals surface area contributed by atoms with Crippen LogP contribution in [0.4, 0.5) is 9.39 Å². The smallest absolute Gasteiger partial charge is 0.271 e. The van der Waals surface area contributed by atoms with Gasteiger partial charge in [0.05, 0.1) is 5.02 Å². The quantitative estimate of drug-likeness (QED) is 0.179. The molecule has 2 aromatic rings. The monoisotopic (exact) mass is 480 g/mol. The van der Waals surface area contributed by atoms with Gasteiger partial charge >= 0.3 is 0 Å². The van der Waals surface area contributed by atoms with Crippen molar-refractivity contribution in [2.75, 3.05) is 5.32 Å². The van der Waals surface area contributed by atoms with Gasteiger partial charge in [0.15, 0.2) is 11.6 Å². The number of hydrogen-bond acceptors (Lipinski definition) is 5.